The minimum atomic E-state index is -0.590. The molecule has 3 rings (SSSR count). The van der Waals surface area contributed by atoms with E-state index in [4.69, 9.17) is 5.73 Å². The summed E-state index contributed by atoms with van der Waals surface area (Å²) in [4.78, 5) is 15.3. The van der Waals surface area contributed by atoms with Gasteiger partial charge in [0.1, 0.15) is 5.82 Å². The number of carbonyl (C=O) groups is 1. The van der Waals surface area contributed by atoms with E-state index >= 15 is 0 Å². The normalized spacial score (nSPS) is 10.5. The van der Waals surface area contributed by atoms with Crippen LogP contribution in [0.4, 0.5) is 5.82 Å². The van der Waals surface area contributed by atoms with Crippen LogP contribution in [0.2, 0.25) is 0 Å². The summed E-state index contributed by atoms with van der Waals surface area (Å²) in [6.45, 7) is 0.568. The molecule has 0 radical (unpaired) electrons. The van der Waals surface area contributed by atoms with Gasteiger partial charge in [-0.25, -0.2) is 0 Å². The van der Waals surface area contributed by atoms with Crippen LogP contribution in [-0.2, 0) is 6.54 Å². The highest BCUT2D eigenvalue weighted by Crippen LogP contribution is 2.16. The summed E-state index contributed by atoms with van der Waals surface area (Å²) in [5.41, 5.74) is 7.28. The van der Waals surface area contributed by atoms with Crippen molar-refractivity contribution in [1.82, 2.24) is 15.2 Å². The van der Waals surface area contributed by atoms with Crippen molar-refractivity contribution >= 4 is 22.6 Å². The summed E-state index contributed by atoms with van der Waals surface area (Å²) in [5, 5.41) is 11.9. The van der Waals surface area contributed by atoms with Crippen molar-refractivity contribution in [3.63, 3.8) is 0 Å². The molecule has 0 bridgehead atoms. The smallest absolute Gasteiger partial charge is 0.269 e. The van der Waals surface area contributed by atoms with E-state index in [1.54, 1.807) is 18.3 Å². The zero-order valence-electron chi connectivity index (χ0n) is 11.2. The monoisotopic (exact) mass is 279 g/mol. The second-order valence-corrected chi connectivity index (χ2v) is 4.51. The molecule has 0 saturated carbocycles. The van der Waals surface area contributed by atoms with Gasteiger partial charge in [0.15, 0.2) is 5.69 Å². The van der Waals surface area contributed by atoms with E-state index in [1.807, 2.05) is 30.3 Å². The van der Waals surface area contributed by atoms with Gasteiger partial charge in [0.25, 0.3) is 5.91 Å². The summed E-state index contributed by atoms with van der Waals surface area (Å²) < 4.78 is 0. The molecule has 104 valence electrons. The quantitative estimate of drug-likeness (QED) is 0.758. The van der Waals surface area contributed by atoms with Gasteiger partial charge in [-0.3, -0.25) is 9.78 Å². The number of pyridine rings is 1. The van der Waals surface area contributed by atoms with Crippen molar-refractivity contribution in [2.75, 3.05) is 5.32 Å². The number of carbonyl (C=O) groups excluding carboxylic acids is 1. The van der Waals surface area contributed by atoms with E-state index in [9.17, 15) is 4.79 Å². The lowest BCUT2D eigenvalue weighted by Gasteiger charge is -2.07. The summed E-state index contributed by atoms with van der Waals surface area (Å²) in [5.74, 6) is -0.0137. The molecule has 6 heteroatoms. The van der Waals surface area contributed by atoms with E-state index in [0.717, 1.165) is 16.5 Å². The second kappa shape index (κ2) is 5.54. The predicted molar refractivity (Wildman–Crippen MR) is 79.6 cm³/mol. The number of nitrogens with one attached hydrogen (secondary N) is 1. The van der Waals surface area contributed by atoms with Crippen molar-refractivity contribution in [3.05, 3.63) is 59.9 Å². The fraction of sp³-hybridized carbons (Fsp3) is 0.0667. The van der Waals surface area contributed by atoms with Crippen molar-refractivity contribution in [3.8, 4) is 0 Å². The number of nitrogens with two attached hydrogens (primary N) is 1. The molecule has 0 aliphatic heterocycles. The lowest BCUT2D eigenvalue weighted by Crippen LogP contribution is -2.14. The van der Waals surface area contributed by atoms with Gasteiger partial charge in [-0.15, -0.1) is 10.2 Å². The van der Waals surface area contributed by atoms with Gasteiger partial charge in [0.2, 0.25) is 0 Å². The molecule has 0 atom stereocenters. The number of anilines is 1. The van der Waals surface area contributed by atoms with Gasteiger partial charge in [-0.1, -0.05) is 24.3 Å². The third-order valence-corrected chi connectivity index (χ3v) is 3.09. The first-order valence-electron chi connectivity index (χ1n) is 6.44. The number of hydrogen-bond donors (Lipinski definition) is 2. The van der Waals surface area contributed by atoms with Crippen LogP contribution in [0.25, 0.3) is 10.9 Å². The maximum Gasteiger partial charge on any atom is 0.269 e. The van der Waals surface area contributed by atoms with Crippen molar-refractivity contribution in [2.24, 2.45) is 5.73 Å². The molecular formula is C15H13N5O. The summed E-state index contributed by atoms with van der Waals surface area (Å²) in [6.07, 6.45) is 1.77. The van der Waals surface area contributed by atoms with Gasteiger partial charge in [-0.05, 0) is 23.8 Å². The minimum Gasteiger partial charge on any atom is -0.364 e. The maximum absolute atomic E-state index is 10.9. The highest BCUT2D eigenvalue weighted by molar-refractivity contribution is 5.90. The number of hydrogen-bond acceptors (Lipinski definition) is 5. The van der Waals surface area contributed by atoms with Crippen LogP contribution in [0.15, 0.2) is 48.7 Å². The Morgan fingerprint density at radius 3 is 2.71 bits per heavy atom. The van der Waals surface area contributed by atoms with Crippen LogP contribution in [0.1, 0.15) is 16.1 Å². The molecule has 0 aliphatic rings. The third kappa shape index (κ3) is 2.79. The Kier molecular flexibility index (Phi) is 3.42. The highest BCUT2D eigenvalue weighted by Gasteiger charge is 2.04. The van der Waals surface area contributed by atoms with Crippen LogP contribution in [0, 0.1) is 0 Å². The first kappa shape index (κ1) is 13.0. The lowest BCUT2D eigenvalue weighted by atomic mass is 10.1. The number of para-hydroxylation sites is 1. The molecule has 0 saturated heterocycles. The Labute approximate surface area is 121 Å². The van der Waals surface area contributed by atoms with Gasteiger partial charge < -0.3 is 11.1 Å². The average Bonchev–Trinajstić information content (AvgIpc) is 2.53. The largest absolute Gasteiger partial charge is 0.364 e. The van der Waals surface area contributed by atoms with E-state index < -0.39 is 5.91 Å². The molecule has 2 aromatic heterocycles. The van der Waals surface area contributed by atoms with Gasteiger partial charge in [0.05, 0.1) is 5.52 Å². The molecule has 1 amide bonds. The Hall–Kier alpha value is -3.02. The number of rotatable bonds is 4. The van der Waals surface area contributed by atoms with Crippen molar-refractivity contribution in [2.45, 2.75) is 6.54 Å². The van der Waals surface area contributed by atoms with Gasteiger partial charge >= 0.3 is 0 Å². The van der Waals surface area contributed by atoms with E-state index in [1.165, 1.54) is 0 Å². The number of aromatic nitrogens is 3. The van der Waals surface area contributed by atoms with Gasteiger partial charge in [-0.2, -0.15) is 0 Å². The zero-order valence-corrected chi connectivity index (χ0v) is 11.2. The molecule has 21 heavy (non-hydrogen) atoms. The Morgan fingerprint density at radius 1 is 1.10 bits per heavy atom. The van der Waals surface area contributed by atoms with E-state index in [-0.39, 0.29) is 5.69 Å². The van der Waals surface area contributed by atoms with E-state index in [2.05, 4.69) is 20.5 Å². The van der Waals surface area contributed by atoms with Crippen molar-refractivity contribution in [1.29, 1.82) is 0 Å². The predicted octanol–water partition coefficient (Wildman–Crippen LogP) is 1.74. The number of amides is 1. The molecular weight excluding hydrogens is 266 g/mol. The maximum atomic E-state index is 10.9. The summed E-state index contributed by atoms with van der Waals surface area (Å²) in [7, 11) is 0. The first-order chi connectivity index (χ1) is 10.2. The third-order valence-electron chi connectivity index (χ3n) is 3.09. The standard InChI is InChI=1S/C15H13N5O/c16-15(21)12-6-7-13(20-19-12)18-9-11-4-1-3-10-5-2-8-17-14(10)11/h1-8H,9H2,(H2,16,21)(H,18,20). The van der Waals surface area contributed by atoms with Crippen LogP contribution in [-0.4, -0.2) is 21.1 Å². The van der Waals surface area contributed by atoms with Crippen LogP contribution < -0.4 is 11.1 Å². The average molecular weight is 279 g/mol. The second-order valence-electron chi connectivity index (χ2n) is 4.51. The summed E-state index contributed by atoms with van der Waals surface area (Å²) in [6, 6.07) is 13.2. The number of nitrogens with zero attached hydrogens (tertiary/aromatic N) is 3. The Bertz CT molecular complexity index is 780. The molecule has 2 heterocycles. The van der Waals surface area contributed by atoms with E-state index in [0.29, 0.717) is 12.4 Å². The minimum absolute atomic E-state index is 0.146. The fourth-order valence-corrected chi connectivity index (χ4v) is 2.05. The van der Waals surface area contributed by atoms with Crippen LogP contribution in [0.3, 0.4) is 0 Å². The fourth-order valence-electron chi connectivity index (χ4n) is 2.05. The Morgan fingerprint density at radius 2 is 1.95 bits per heavy atom. The van der Waals surface area contributed by atoms with Gasteiger partial charge in [0, 0.05) is 18.1 Å². The molecule has 0 spiro atoms. The molecule has 0 aliphatic carbocycles. The van der Waals surface area contributed by atoms with Crippen LogP contribution >= 0.6 is 0 Å². The van der Waals surface area contributed by atoms with Crippen LogP contribution in [0.5, 0.6) is 0 Å². The SMILES string of the molecule is NC(=O)c1ccc(NCc2cccc3cccnc23)nn1. The molecule has 0 fully saturated rings. The summed E-state index contributed by atoms with van der Waals surface area (Å²) >= 11 is 0. The van der Waals surface area contributed by atoms with Crippen molar-refractivity contribution < 1.29 is 4.79 Å². The number of benzene rings is 1. The number of fused-ring (bicyclic) bond motifs is 1. The molecule has 0 unspecified atom stereocenters. The Balaban J connectivity index is 1.79. The molecule has 3 N–H and O–H groups in total. The highest BCUT2D eigenvalue weighted by atomic mass is 16.1. The lowest BCUT2D eigenvalue weighted by molar-refractivity contribution is 0.0994. The molecule has 6 nitrogen and oxygen atoms in total. The molecule has 3 aromatic rings. The number of primary amides is 1. The zero-order chi connectivity index (χ0) is 14.7. The first-order valence-corrected chi connectivity index (χ1v) is 6.44. The molecule has 1 aromatic carbocycles. The topological polar surface area (TPSA) is 93.8 Å².